The van der Waals surface area contributed by atoms with Crippen LogP contribution in [-0.4, -0.2) is 6.04 Å². The van der Waals surface area contributed by atoms with Gasteiger partial charge in [0.15, 0.2) is 0 Å². The summed E-state index contributed by atoms with van der Waals surface area (Å²) in [6.07, 6.45) is 41.3. The number of allylic oxidation sites excluding steroid dienone is 15. The van der Waals surface area contributed by atoms with E-state index in [1.165, 1.54) is 54.7 Å². The van der Waals surface area contributed by atoms with Crippen LogP contribution < -0.4 is 4.90 Å². The van der Waals surface area contributed by atoms with Gasteiger partial charge in [-0.3, -0.25) is 0 Å². The summed E-state index contributed by atoms with van der Waals surface area (Å²) in [5.41, 5.74) is 14.0. The highest BCUT2D eigenvalue weighted by molar-refractivity contribution is 8.07. The second-order valence-electron chi connectivity index (χ2n) is 16.9. The molecule has 268 valence electrons. The molecule has 0 N–H and O–H groups in total. The van der Waals surface area contributed by atoms with Crippen LogP contribution in [0.4, 0.5) is 5.69 Å². The minimum atomic E-state index is -0.275. The van der Waals surface area contributed by atoms with E-state index in [4.69, 9.17) is 0 Å². The van der Waals surface area contributed by atoms with E-state index in [0.29, 0.717) is 29.7 Å². The molecule has 0 radical (unpaired) electrons. The van der Waals surface area contributed by atoms with E-state index in [1.54, 1.807) is 53.8 Å². The van der Waals surface area contributed by atoms with Crippen molar-refractivity contribution in [2.75, 3.05) is 4.90 Å². The summed E-state index contributed by atoms with van der Waals surface area (Å²) in [7, 11) is 0. The zero-order valence-corrected chi connectivity index (χ0v) is 32.8. The van der Waals surface area contributed by atoms with Gasteiger partial charge < -0.3 is 4.90 Å². The topological polar surface area (TPSA) is 3.24 Å². The summed E-state index contributed by atoms with van der Waals surface area (Å²) in [6, 6.07) is 17.6. The van der Waals surface area contributed by atoms with Gasteiger partial charge in [-0.2, -0.15) is 0 Å². The highest BCUT2D eigenvalue weighted by Gasteiger charge is 2.57. The number of fused-ring (bicyclic) bond motifs is 9. The van der Waals surface area contributed by atoms with Gasteiger partial charge in [0, 0.05) is 33.0 Å². The summed E-state index contributed by atoms with van der Waals surface area (Å²) in [4.78, 5) is 9.18. The molecule has 3 heteroatoms. The standard InChI is InChI=1S/C50H51NS2/c1-32-27-29-37-36-19-8-11-23-42(36)51(35-17-6-3-7-18-35)49(37)47(32)38-20-14-26-46-48(38)50(39-21-9-12-24-43(39)52-44-25-13-10-22-40(44)50)41-31-34(28-30-45(41)53-46)33-15-4-2-5-16-33/h2,4,8-9,11,17,19-23,25,27-33,37,47,49H,3,5-7,10,12-16,18,24,26H2,1H3. The minimum absolute atomic E-state index is 0.275. The highest BCUT2D eigenvalue weighted by Crippen LogP contribution is 2.68. The van der Waals surface area contributed by atoms with Crippen molar-refractivity contribution < 1.29 is 0 Å². The van der Waals surface area contributed by atoms with Crippen molar-refractivity contribution in [2.45, 2.75) is 119 Å². The van der Waals surface area contributed by atoms with Crippen molar-refractivity contribution in [1.82, 2.24) is 0 Å². The molecule has 0 aromatic heterocycles. The Kier molecular flexibility index (Phi) is 8.17. The van der Waals surface area contributed by atoms with Gasteiger partial charge >= 0.3 is 0 Å². The molecule has 0 saturated carbocycles. The first-order valence-corrected chi connectivity index (χ1v) is 22.5. The fourth-order valence-corrected chi connectivity index (χ4v) is 14.5. The molecule has 1 nitrogen and oxygen atoms in total. The summed E-state index contributed by atoms with van der Waals surface area (Å²) in [5, 5.41) is 0. The Morgan fingerprint density at radius 3 is 2.60 bits per heavy atom. The van der Waals surface area contributed by atoms with E-state index in [9.17, 15) is 0 Å². The van der Waals surface area contributed by atoms with Gasteiger partial charge in [-0.15, -0.1) is 0 Å². The number of anilines is 1. The lowest BCUT2D eigenvalue weighted by atomic mass is 9.55. The summed E-state index contributed by atoms with van der Waals surface area (Å²) >= 11 is 4.25. The van der Waals surface area contributed by atoms with Crippen LogP contribution in [0.3, 0.4) is 0 Å². The van der Waals surface area contributed by atoms with Crippen molar-refractivity contribution in [3.8, 4) is 0 Å². The first kappa shape index (κ1) is 33.0. The van der Waals surface area contributed by atoms with Crippen LogP contribution >= 0.6 is 23.5 Å². The predicted octanol–water partition coefficient (Wildman–Crippen LogP) is 14.0. The third-order valence-electron chi connectivity index (χ3n) is 14.0. The Morgan fingerprint density at radius 2 is 1.70 bits per heavy atom. The molecule has 2 aromatic carbocycles. The molecule has 11 rings (SSSR count). The van der Waals surface area contributed by atoms with Gasteiger partial charge in [-0.1, -0.05) is 122 Å². The Hall–Kier alpha value is -3.40. The normalized spacial score (nSPS) is 32.5. The molecule has 2 aromatic rings. The number of nitrogens with zero attached hydrogens (tertiary/aromatic N) is 1. The second kappa shape index (κ2) is 13.1. The van der Waals surface area contributed by atoms with Gasteiger partial charge in [0.1, 0.15) is 0 Å². The lowest BCUT2D eigenvalue weighted by molar-refractivity contribution is 0.352. The maximum Gasteiger partial charge on any atom is 0.0738 e. The van der Waals surface area contributed by atoms with E-state index in [1.807, 2.05) is 0 Å². The smallest absolute Gasteiger partial charge is 0.0738 e. The summed E-state index contributed by atoms with van der Waals surface area (Å²) < 4.78 is 0. The van der Waals surface area contributed by atoms with Crippen molar-refractivity contribution >= 4 is 29.2 Å². The molecule has 6 unspecified atom stereocenters. The van der Waals surface area contributed by atoms with Gasteiger partial charge in [-0.05, 0) is 156 Å². The molecule has 6 aliphatic carbocycles. The predicted molar refractivity (Wildman–Crippen MR) is 226 cm³/mol. The Bertz CT molecular complexity index is 2180. The third kappa shape index (κ3) is 4.98. The Balaban J connectivity index is 1.16. The fraction of sp³-hybridized carbons (Fsp3) is 0.400. The largest absolute Gasteiger partial charge is 0.341 e. The SMILES string of the molecule is CC1C=CC2c3ccccc3N(C3=CCCCC3)C2C1C1=CCCC2=C1C1(C3=CCCC=C3SC3=C1C=CCC3)c1cc(C3CC=CCC3)ccc1S2. The van der Waals surface area contributed by atoms with Crippen molar-refractivity contribution in [3.63, 3.8) is 0 Å². The second-order valence-corrected chi connectivity index (χ2v) is 19.2. The van der Waals surface area contributed by atoms with Gasteiger partial charge in [0.25, 0.3) is 0 Å². The molecule has 0 fully saturated rings. The van der Waals surface area contributed by atoms with E-state index >= 15 is 0 Å². The first-order chi connectivity index (χ1) is 26.2. The van der Waals surface area contributed by atoms with Crippen LogP contribution in [0.5, 0.6) is 0 Å². The molecular formula is C50H51NS2. The maximum absolute atomic E-state index is 2.87. The quantitative estimate of drug-likeness (QED) is 0.290. The fourth-order valence-electron chi connectivity index (χ4n) is 11.8. The van der Waals surface area contributed by atoms with Crippen molar-refractivity contribution in [3.05, 3.63) is 163 Å². The van der Waals surface area contributed by atoms with E-state index in [0.717, 1.165) is 44.9 Å². The molecule has 6 atom stereocenters. The highest BCUT2D eigenvalue weighted by atomic mass is 32.2. The number of hydrogen-bond acceptors (Lipinski definition) is 3. The summed E-state index contributed by atoms with van der Waals surface area (Å²) in [6.45, 7) is 2.54. The molecule has 1 spiro atoms. The average Bonchev–Trinajstić information content (AvgIpc) is 3.55. The van der Waals surface area contributed by atoms with E-state index in [2.05, 4.69) is 139 Å². The zero-order valence-electron chi connectivity index (χ0n) is 31.2. The minimum Gasteiger partial charge on any atom is -0.341 e. The van der Waals surface area contributed by atoms with Crippen LogP contribution in [-0.2, 0) is 5.41 Å². The molecule has 53 heavy (non-hydrogen) atoms. The van der Waals surface area contributed by atoms with Gasteiger partial charge in [0.2, 0.25) is 0 Å². The molecule has 0 bridgehead atoms. The number of thioether (sulfide) groups is 2. The molecule has 9 aliphatic rings. The Labute approximate surface area is 325 Å². The molecule has 0 saturated heterocycles. The van der Waals surface area contributed by atoms with Gasteiger partial charge in [0.05, 0.1) is 11.5 Å². The number of rotatable bonds is 3. The van der Waals surface area contributed by atoms with Crippen LogP contribution in [0.1, 0.15) is 119 Å². The van der Waals surface area contributed by atoms with Crippen LogP contribution in [0, 0.1) is 11.8 Å². The molecular weight excluding hydrogens is 679 g/mol. The molecule has 0 amide bonds. The van der Waals surface area contributed by atoms with Crippen LogP contribution in [0.25, 0.3) is 0 Å². The number of para-hydroxylation sites is 1. The van der Waals surface area contributed by atoms with Crippen LogP contribution in [0.2, 0.25) is 0 Å². The zero-order chi connectivity index (χ0) is 35.1. The van der Waals surface area contributed by atoms with E-state index < -0.39 is 0 Å². The number of hydrogen-bond donors (Lipinski definition) is 0. The first-order valence-electron chi connectivity index (χ1n) is 20.9. The lowest BCUT2D eigenvalue weighted by Gasteiger charge is -2.54. The lowest BCUT2D eigenvalue weighted by Crippen LogP contribution is -2.48. The van der Waals surface area contributed by atoms with Crippen molar-refractivity contribution in [2.24, 2.45) is 11.8 Å². The Morgan fingerprint density at radius 1 is 0.774 bits per heavy atom. The third-order valence-corrected chi connectivity index (χ3v) is 16.6. The monoisotopic (exact) mass is 729 g/mol. The van der Waals surface area contributed by atoms with E-state index in [-0.39, 0.29) is 5.41 Å². The number of benzene rings is 2. The molecule has 3 aliphatic heterocycles. The summed E-state index contributed by atoms with van der Waals surface area (Å²) in [5.74, 6) is 1.86. The van der Waals surface area contributed by atoms with Crippen LogP contribution in [0.15, 0.2) is 151 Å². The average molecular weight is 730 g/mol. The maximum atomic E-state index is 2.87. The molecule has 3 heterocycles. The van der Waals surface area contributed by atoms with Gasteiger partial charge in [-0.25, -0.2) is 0 Å². The van der Waals surface area contributed by atoms with Crippen molar-refractivity contribution in [1.29, 1.82) is 0 Å².